The van der Waals surface area contributed by atoms with E-state index in [1.807, 2.05) is 24.3 Å². The van der Waals surface area contributed by atoms with Gasteiger partial charge in [-0.25, -0.2) is 0 Å². The summed E-state index contributed by atoms with van der Waals surface area (Å²) in [6.45, 7) is 0.748. The zero-order valence-electron chi connectivity index (χ0n) is 7.59. The lowest BCUT2D eigenvalue weighted by molar-refractivity contribution is 0.0954. The largest absolute Gasteiger partial charge is 0.352 e. The van der Waals surface area contributed by atoms with E-state index in [0.717, 1.165) is 21.9 Å². The van der Waals surface area contributed by atoms with E-state index in [4.69, 9.17) is 0 Å². The number of nitrogens with one attached hydrogen (secondary N) is 1. The Balaban J connectivity index is 2.48. The van der Waals surface area contributed by atoms with Crippen LogP contribution in [0.2, 0.25) is 0 Å². The topological polar surface area (TPSA) is 29.1 Å². The number of amides is 1. The number of carbonyl (C=O) groups is 1. The number of benzene rings is 1. The maximum atomic E-state index is 11.5. The second kappa shape index (κ2) is 6.40. The lowest BCUT2D eigenvalue weighted by Crippen LogP contribution is -2.24. The molecule has 0 spiro atoms. The van der Waals surface area contributed by atoms with Crippen LogP contribution >= 0.6 is 38.5 Å². The molecule has 76 valence electrons. The number of carbonyl (C=O) groups excluding carboxylic acids is 1. The number of alkyl halides is 1. The normalized spacial score (nSPS) is 9.86. The van der Waals surface area contributed by atoms with Crippen LogP contribution in [0.5, 0.6) is 0 Å². The first kappa shape index (κ1) is 12.0. The van der Waals surface area contributed by atoms with Crippen LogP contribution in [0, 0.1) is 0 Å². The van der Waals surface area contributed by atoms with Crippen molar-refractivity contribution in [2.75, 3.05) is 11.0 Å². The molecule has 0 aliphatic carbocycles. The van der Waals surface area contributed by atoms with Gasteiger partial charge in [0.05, 0.1) is 0 Å². The van der Waals surface area contributed by atoms with Gasteiger partial charge in [0.2, 0.25) is 0 Å². The molecule has 0 heterocycles. The molecule has 2 nitrogen and oxygen atoms in total. The molecule has 1 aromatic carbocycles. The van der Waals surface area contributed by atoms with Gasteiger partial charge >= 0.3 is 0 Å². The van der Waals surface area contributed by atoms with Gasteiger partial charge < -0.3 is 5.32 Å². The van der Waals surface area contributed by atoms with Crippen LogP contribution in [0.25, 0.3) is 0 Å². The third kappa shape index (κ3) is 3.96. The predicted octanol–water partition coefficient (Wildman–Crippen LogP) is 3.00. The molecule has 4 heteroatoms. The quantitative estimate of drug-likeness (QED) is 0.494. The van der Waals surface area contributed by atoms with Crippen LogP contribution in [0.3, 0.4) is 0 Å². The first-order valence-corrected chi connectivity index (χ1v) is 6.65. The third-order valence-corrected chi connectivity index (χ3v) is 2.99. The summed E-state index contributed by atoms with van der Waals surface area (Å²) in [5.41, 5.74) is 0.710. The molecule has 1 amide bonds. The van der Waals surface area contributed by atoms with E-state index in [0.29, 0.717) is 5.56 Å². The van der Waals surface area contributed by atoms with Crippen molar-refractivity contribution in [1.82, 2.24) is 5.32 Å². The highest BCUT2D eigenvalue weighted by atomic mass is 127. The van der Waals surface area contributed by atoms with Crippen molar-refractivity contribution in [2.45, 2.75) is 6.42 Å². The minimum absolute atomic E-state index is 0.00218. The Hall–Kier alpha value is -0.100. The van der Waals surface area contributed by atoms with Crippen molar-refractivity contribution >= 4 is 44.4 Å². The van der Waals surface area contributed by atoms with E-state index >= 15 is 0 Å². The summed E-state index contributed by atoms with van der Waals surface area (Å²) in [4.78, 5) is 11.5. The van der Waals surface area contributed by atoms with Gasteiger partial charge in [0.1, 0.15) is 0 Å². The summed E-state index contributed by atoms with van der Waals surface area (Å²) >= 11 is 5.62. The number of halogens is 2. The lowest BCUT2D eigenvalue weighted by Gasteiger charge is -2.03. The zero-order valence-corrected chi connectivity index (χ0v) is 11.3. The first-order valence-electron chi connectivity index (χ1n) is 4.34. The monoisotopic (exact) mass is 367 g/mol. The fourth-order valence-corrected chi connectivity index (χ4v) is 1.62. The maximum absolute atomic E-state index is 11.5. The van der Waals surface area contributed by atoms with E-state index in [1.54, 1.807) is 0 Å². The molecule has 0 atom stereocenters. The summed E-state index contributed by atoms with van der Waals surface area (Å²) in [7, 11) is 0. The maximum Gasteiger partial charge on any atom is 0.251 e. The lowest BCUT2D eigenvalue weighted by atomic mass is 10.2. The average molecular weight is 368 g/mol. The van der Waals surface area contributed by atoms with Gasteiger partial charge in [0, 0.05) is 21.0 Å². The van der Waals surface area contributed by atoms with Crippen LogP contribution in [0.4, 0.5) is 0 Å². The molecule has 14 heavy (non-hydrogen) atoms. The average Bonchev–Trinajstić information content (AvgIpc) is 2.19. The fourth-order valence-electron chi connectivity index (χ4n) is 0.972. The number of rotatable bonds is 4. The highest BCUT2D eigenvalue weighted by molar-refractivity contribution is 14.1. The smallest absolute Gasteiger partial charge is 0.251 e. The van der Waals surface area contributed by atoms with E-state index in [2.05, 4.69) is 43.8 Å². The van der Waals surface area contributed by atoms with Gasteiger partial charge in [0.25, 0.3) is 5.91 Å². The first-order chi connectivity index (χ1) is 6.74. The molecule has 0 aromatic heterocycles. The third-order valence-electron chi connectivity index (χ3n) is 1.70. The van der Waals surface area contributed by atoms with E-state index in [1.165, 1.54) is 0 Å². The number of hydrogen-bond donors (Lipinski definition) is 1. The Labute approximate surface area is 106 Å². The summed E-state index contributed by atoms with van der Waals surface area (Å²) in [5.74, 6) is 0.00218. The fraction of sp³-hybridized carbons (Fsp3) is 0.300. The van der Waals surface area contributed by atoms with Gasteiger partial charge in [0.15, 0.2) is 0 Å². The molecular formula is C10H11BrINO. The summed E-state index contributed by atoms with van der Waals surface area (Å²) in [6, 6.07) is 7.35. The van der Waals surface area contributed by atoms with Crippen LogP contribution in [-0.4, -0.2) is 16.9 Å². The Kier molecular flexibility index (Phi) is 5.47. The Morgan fingerprint density at radius 2 is 2.00 bits per heavy atom. The molecule has 0 saturated carbocycles. The van der Waals surface area contributed by atoms with E-state index in [9.17, 15) is 4.79 Å². The van der Waals surface area contributed by atoms with Crippen molar-refractivity contribution in [1.29, 1.82) is 0 Å². The Morgan fingerprint density at radius 3 is 2.57 bits per heavy atom. The minimum Gasteiger partial charge on any atom is -0.352 e. The van der Waals surface area contributed by atoms with E-state index < -0.39 is 0 Å². The Bertz CT molecular complexity index is 299. The predicted molar refractivity (Wildman–Crippen MR) is 70.0 cm³/mol. The molecular weight excluding hydrogens is 357 g/mol. The molecule has 0 radical (unpaired) electrons. The van der Waals surface area contributed by atoms with Gasteiger partial charge in [-0.15, -0.1) is 0 Å². The Morgan fingerprint density at radius 1 is 1.36 bits per heavy atom. The van der Waals surface area contributed by atoms with Crippen molar-refractivity contribution in [3.8, 4) is 0 Å². The molecule has 1 N–H and O–H groups in total. The van der Waals surface area contributed by atoms with Crippen molar-refractivity contribution in [2.24, 2.45) is 0 Å². The minimum atomic E-state index is 0.00218. The highest BCUT2D eigenvalue weighted by Crippen LogP contribution is 2.10. The molecule has 0 fully saturated rings. The van der Waals surface area contributed by atoms with Crippen molar-refractivity contribution in [3.05, 3.63) is 34.3 Å². The van der Waals surface area contributed by atoms with Gasteiger partial charge in [-0.2, -0.15) is 0 Å². The van der Waals surface area contributed by atoms with Crippen LogP contribution in [-0.2, 0) is 0 Å². The van der Waals surface area contributed by atoms with Gasteiger partial charge in [-0.3, -0.25) is 4.79 Å². The standard InChI is InChI=1S/C10H11BrINO/c11-9-4-2-8(3-5-9)10(14)13-7-1-6-12/h2-5H,1,6-7H2,(H,13,14). The summed E-state index contributed by atoms with van der Waals surface area (Å²) < 4.78 is 2.06. The van der Waals surface area contributed by atoms with Gasteiger partial charge in [-0.05, 0) is 30.7 Å². The molecule has 0 bridgehead atoms. The van der Waals surface area contributed by atoms with Crippen molar-refractivity contribution < 1.29 is 4.79 Å². The second-order valence-electron chi connectivity index (χ2n) is 2.81. The van der Waals surface area contributed by atoms with Crippen LogP contribution in [0.15, 0.2) is 28.7 Å². The zero-order chi connectivity index (χ0) is 10.4. The van der Waals surface area contributed by atoms with Crippen molar-refractivity contribution in [3.63, 3.8) is 0 Å². The number of hydrogen-bond acceptors (Lipinski definition) is 1. The van der Waals surface area contributed by atoms with E-state index in [-0.39, 0.29) is 5.91 Å². The molecule has 1 rings (SSSR count). The molecule has 0 aliphatic heterocycles. The summed E-state index contributed by atoms with van der Waals surface area (Å²) in [6.07, 6.45) is 1.02. The molecule has 0 unspecified atom stereocenters. The SMILES string of the molecule is O=C(NCCCI)c1ccc(Br)cc1. The van der Waals surface area contributed by atoms with Gasteiger partial charge in [-0.1, -0.05) is 38.5 Å². The summed E-state index contributed by atoms with van der Waals surface area (Å²) in [5, 5.41) is 2.86. The molecule has 1 aromatic rings. The second-order valence-corrected chi connectivity index (χ2v) is 4.80. The molecule has 0 aliphatic rings. The highest BCUT2D eigenvalue weighted by Gasteiger charge is 2.02. The van der Waals surface area contributed by atoms with Crippen LogP contribution in [0.1, 0.15) is 16.8 Å². The molecule has 0 saturated heterocycles. The van der Waals surface area contributed by atoms with Crippen LogP contribution < -0.4 is 5.32 Å².